The summed E-state index contributed by atoms with van der Waals surface area (Å²) in [7, 11) is 1.75. The van der Waals surface area contributed by atoms with Gasteiger partial charge in [-0.2, -0.15) is 5.10 Å². The third kappa shape index (κ3) is 2.70. The van der Waals surface area contributed by atoms with Gasteiger partial charge in [-0.1, -0.05) is 25.7 Å². The summed E-state index contributed by atoms with van der Waals surface area (Å²) in [5.41, 5.74) is 0.536. The highest BCUT2D eigenvalue weighted by Crippen LogP contribution is 2.17. The molecule has 6 heteroatoms. The van der Waals surface area contributed by atoms with E-state index in [1.807, 2.05) is 0 Å². The molecule has 1 fully saturated rings. The minimum atomic E-state index is -0.283. The fourth-order valence-corrected chi connectivity index (χ4v) is 2.98. The molecule has 2 aromatic rings. The van der Waals surface area contributed by atoms with Gasteiger partial charge < -0.3 is 10.3 Å². The number of H-pyrrole nitrogens is 1. The van der Waals surface area contributed by atoms with Gasteiger partial charge in [-0.05, 0) is 12.8 Å². The predicted molar refractivity (Wildman–Crippen MR) is 80.3 cm³/mol. The highest BCUT2D eigenvalue weighted by atomic mass is 16.2. The van der Waals surface area contributed by atoms with E-state index < -0.39 is 0 Å². The Morgan fingerprint density at radius 2 is 2.05 bits per heavy atom. The Labute approximate surface area is 122 Å². The molecule has 2 N–H and O–H groups in total. The Balaban J connectivity index is 1.84. The molecule has 1 aliphatic carbocycles. The third-order valence-corrected chi connectivity index (χ3v) is 4.22. The topological polar surface area (TPSA) is 79.8 Å². The standard InChI is InChI=1S/C15H20N4O2/c1-19-14-11(9-17-19)13(20)12(8-16-14)15(21)18-10-6-4-2-3-5-7-10/h8-10H,2-7H2,1H3,(H,16,20)(H,18,21). The molecule has 3 rings (SSSR count). The molecule has 6 nitrogen and oxygen atoms in total. The van der Waals surface area contributed by atoms with Crippen molar-refractivity contribution in [1.29, 1.82) is 0 Å². The van der Waals surface area contributed by atoms with E-state index in [0.29, 0.717) is 11.0 Å². The van der Waals surface area contributed by atoms with Gasteiger partial charge in [-0.3, -0.25) is 14.3 Å². The molecule has 1 aliphatic rings. The van der Waals surface area contributed by atoms with Crippen molar-refractivity contribution < 1.29 is 4.79 Å². The molecular formula is C15H20N4O2. The smallest absolute Gasteiger partial charge is 0.256 e. The summed E-state index contributed by atoms with van der Waals surface area (Å²) in [5, 5.41) is 7.49. The Kier molecular flexibility index (Phi) is 3.77. The van der Waals surface area contributed by atoms with Crippen molar-refractivity contribution in [2.45, 2.75) is 44.6 Å². The maximum absolute atomic E-state index is 12.4. The number of hydrogen-bond donors (Lipinski definition) is 2. The zero-order chi connectivity index (χ0) is 14.8. The largest absolute Gasteiger partial charge is 0.349 e. The number of rotatable bonds is 2. The zero-order valence-corrected chi connectivity index (χ0v) is 12.2. The van der Waals surface area contributed by atoms with Crippen LogP contribution in [0, 0.1) is 0 Å². The van der Waals surface area contributed by atoms with Gasteiger partial charge in [-0.25, -0.2) is 0 Å². The normalized spacial score (nSPS) is 16.8. The number of aromatic amines is 1. The lowest BCUT2D eigenvalue weighted by atomic mass is 10.1. The Morgan fingerprint density at radius 1 is 1.33 bits per heavy atom. The minimum Gasteiger partial charge on any atom is -0.349 e. The summed E-state index contributed by atoms with van der Waals surface area (Å²) in [6, 6.07) is 0.184. The van der Waals surface area contributed by atoms with Crippen LogP contribution in [-0.4, -0.2) is 26.7 Å². The van der Waals surface area contributed by atoms with E-state index in [-0.39, 0.29) is 22.9 Å². The number of pyridine rings is 1. The minimum absolute atomic E-state index is 0.166. The van der Waals surface area contributed by atoms with Crippen molar-refractivity contribution in [2.75, 3.05) is 0 Å². The lowest BCUT2D eigenvalue weighted by Gasteiger charge is -2.15. The molecule has 0 radical (unpaired) electrons. The second kappa shape index (κ2) is 5.71. The van der Waals surface area contributed by atoms with Crippen LogP contribution in [0.25, 0.3) is 11.0 Å². The second-order valence-electron chi connectivity index (χ2n) is 5.72. The molecule has 0 spiro atoms. The van der Waals surface area contributed by atoms with Gasteiger partial charge in [0.05, 0.1) is 11.6 Å². The van der Waals surface area contributed by atoms with Crippen molar-refractivity contribution in [3.05, 3.63) is 28.2 Å². The lowest BCUT2D eigenvalue weighted by Crippen LogP contribution is -2.37. The first-order valence-electron chi connectivity index (χ1n) is 7.51. The number of nitrogens with one attached hydrogen (secondary N) is 2. The molecule has 2 aromatic heterocycles. The Bertz CT molecular complexity index is 708. The van der Waals surface area contributed by atoms with Gasteiger partial charge in [0.1, 0.15) is 11.2 Å². The van der Waals surface area contributed by atoms with Crippen molar-refractivity contribution >= 4 is 16.9 Å². The van der Waals surface area contributed by atoms with E-state index in [1.54, 1.807) is 11.7 Å². The first-order chi connectivity index (χ1) is 10.2. The average molecular weight is 288 g/mol. The van der Waals surface area contributed by atoms with E-state index in [4.69, 9.17) is 0 Å². The quantitative estimate of drug-likeness (QED) is 0.826. The van der Waals surface area contributed by atoms with Gasteiger partial charge in [-0.15, -0.1) is 0 Å². The fourth-order valence-electron chi connectivity index (χ4n) is 2.98. The maximum Gasteiger partial charge on any atom is 0.256 e. The molecule has 0 unspecified atom stereocenters. The molecule has 0 bridgehead atoms. The Morgan fingerprint density at radius 3 is 2.76 bits per heavy atom. The van der Waals surface area contributed by atoms with Gasteiger partial charge in [0.25, 0.3) is 5.91 Å². The summed E-state index contributed by atoms with van der Waals surface area (Å²) in [6.45, 7) is 0. The van der Waals surface area contributed by atoms with E-state index in [1.165, 1.54) is 25.2 Å². The van der Waals surface area contributed by atoms with Crippen LogP contribution in [0.4, 0.5) is 0 Å². The van der Waals surface area contributed by atoms with Gasteiger partial charge in [0.15, 0.2) is 0 Å². The SMILES string of the molecule is Cn1ncc2c(=O)c(C(=O)NC3CCCCCC3)c[nH]c21. The molecule has 0 atom stereocenters. The number of fused-ring (bicyclic) bond motifs is 1. The zero-order valence-electron chi connectivity index (χ0n) is 12.2. The molecule has 1 saturated carbocycles. The van der Waals surface area contributed by atoms with E-state index in [9.17, 15) is 9.59 Å². The first kappa shape index (κ1) is 13.9. The Hall–Kier alpha value is -2.11. The molecule has 0 aromatic carbocycles. The van der Waals surface area contributed by atoms with Gasteiger partial charge in [0, 0.05) is 19.3 Å². The lowest BCUT2D eigenvalue weighted by molar-refractivity contribution is 0.0932. The molecule has 1 amide bonds. The predicted octanol–water partition coefficient (Wildman–Crippen LogP) is 1.71. The third-order valence-electron chi connectivity index (χ3n) is 4.22. The summed E-state index contributed by atoms with van der Waals surface area (Å²) in [4.78, 5) is 27.7. The number of aromatic nitrogens is 3. The fraction of sp³-hybridized carbons (Fsp3) is 0.533. The van der Waals surface area contributed by atoms with Crippen LogP contribution >= 0.6 is 0 Å². The second-order valence-corrected chi connectivity index (χ2v) is 5.72. The van der Waals surface area contributed by atoms with Crippen LogP contribution in [-0.2, 0) is 7.05 Å². The van der Waals surface area contributed by atoms with Gasteiger partial charge >= 0.3 is 0 Å². The highest BCUT2D eigenvalue weighted by molar-refractivity contribution is 5.96. The van der Waals surface area contributed by atoms with Crippen molar-refractivity contribution in [3.63, 3.8) is 0 Å². The van der Waals surface area contributed by atoms with Crippen molar-refractivity contribution in [1.82, 2.24) is 20.1 Å². The number of amides is 1. The van der Waals surface area contributed by atoms with Crippen LogP contribution in [0.5, 0.6) is 0 Å². The number of nitrogens with zero attached hydrogens (tertiary/aromatic N) is 2. The van der Waals surface area contributed by atoms with Crippen LogP contribution in [0.15, 0.2) is 17.2 Å². The van der Waals surface area contributed by atoms with Crippen LogP contribution in [0.2, 0.25) is 0 Å². The van der Waals surface area contributed by atoms with Gasteiger partial charge in [0.2, 0.25) is 5.43 Å². The molecule has 21 heavy (non-hydrogen) atoms. The molecule has 0 aliphatic heterocycles. The summed E-state index contributed by atoms with van der Waals surface area (Å²) < 4.78 is 1.59. The number of carbonyl (C=O) groups is 1. The number of carbonyl (C=O) groups excluding carboxylic acids is 1. The van der Waals surface area contributed by atoms with Crippen LogP contribution in [0.1, 0.15) is 48.9 Å². The van der Waals surface area contributed by atoms with Crippen LogP contribution < -0.4 is 10.7 Å². The first-order valence-corrected chi connectivity index (χ1v) is 7.51. The number of hydrogen-bond acceptors (Lipinski definition) is 3. The molecule has 112 valence electrons. The number of aryl methyl sites for hydroxylation is 1. The van der Waals surface area contributed by atoms with E-state index in [0.717, 1.165) is 25.7 Å². The average Bonchev–Trinajstić information content (AvgIpc) is 2.69. The molecular weight excluding hydrogens is 268 g/mol. The maximum atomic E-state index is 12.4. The van der Waals surface area contributed by atoms with Crippen molar-refractivity contribution in [2.24, 2.45) is 7.05 Å². The summed E-state index contributed by atoms with van der Waals surface area (Å²) in [6.07, 6.45) is 9.72. The van der Waals surface area contributed by atoms with E-state index >= 15 is 0 Å². The monoisotopic (exact) mass is 288 g/mol. The van der Waals surface area contributed by atoms with Crippen LogP contribution in [0.3, 0.4) is 0 Å². The molecule has 0 saturated heterocycles. The van der Waals surface area contributed by atoms with Crippen molar-refractivity contribution in [3.8, 4) is 0 Å². The van der Waals surface area contributed by atoms with E-state index in [2.05, 4.69) is 15.4 Å². The molecule has 2 heterocycles. The highest BCUT2D eigenvalue weighted by Gasteiger charge is 2.19. The summed E-state index contributed by atoms with van der Waals surface area (Å²) >= 11 is 0. The summed E-state index contributed by atoms with van der Waals surface area (Å²) in [5.74, 6) is -0.283.